The Morgan fingerprint density at radius 1 is 0.512 bits per heavy atom. The Morgan fingerprint density at radius 2 is 0.860 bits per heavy atom. The summed E-state index contributed by atoms with van der Waals surface area (Å²) in [4.78, 5) is 41.3. The molecule has 3 aliphatic rings. The van der Waals surface area contributed by atoms with Crippen LogP contribution in [0.5, 0.6) is 0 Å². The number of hydrogen-bond donors (Lipinski definition) is 0. The Labute approximate surface area is 262 Å². The minimum atomic E-state index is -0.370. The SMILES string of the molecule is CC1=CC(C(=C2C=C(C(C)(C)C)C(=O)C(C(C)(C)C)=C2)[C+]2C=C(C(C)(C)C)C(=O)C(C(C)(C)C)=C2)C=C(C(C)(C)C)C1=O. The minimum absolute atomic E-state index is 0.0736. The smallest absolute Gasteiger partial charge is 0.265 e. The van der Waals surface area contributed by atoms with Crippen LogP contribution in [0.3, 0.4) is 0 Å². The fourth-order valence-corrected chi connectivity index (χ4v) is 5.97. The Morgan fingerprint density at radius 3 is 1.21 bits per heavy atom. The van der Waals surface area contributed by atoms with Gasteiger partial charge in [0.05, 0.1) is 22.6 Å². The third kappa shape index (κ3) is 7.08. The second kappa shape index (κ2) is 10.9. The van der Waals surface area contributed by atoms with E-state index in [4.69, 9.17) is 0 Å². The summed E-state index contributed by atoms with van der Waals surface area (Å²) < 4.78 is 0. The van der Waals surface area contributed by atoms with E-state index in [1.807, 2.05) is 6.92 Å². The molecule has 0 heterocycles. The minimum Gasteiger partial charge on any atom is -0.289 e. The fraction of sp³-hybridized carbons (Fsp3) is 0.550. The first-order valence-electron chi connectivity index (χ1n) is 15.7. The van der Waals surface area contributed by atoms with Crippen molar-refractivity contribution in [2.45, 2.75) is 111 Å². The Bertz CT molecular complexity index is 1380. The highest BCUT2D eigenvalue weighted by Crippen LogP contribution is 2.48. The summed E-state index contributed by atoms with van der Waals surface area (Å²) in [6, 6.07) is 0. The number of carbonyl (C=O) groups excluding carboxylic acids is 3. The van der Waals surface area contributed by atoms with Crippen LogP contribution in [0.15, 0.2) is 81.0 Å². The first-order valence-corrected chi connectivity index (χ1v) is 15.7. The van der Waals surface area contributed by atoms with E-state index in [1.165, 1.54) is 0 Å². The van der Waals surface area contributed by atoms with Crippen molar-refractivity contribution in [1.29, 1.82) is 0 Å². The Hall–Kier alpha value is -2.94. The van der Waals surface area contributed by atoms with Gasteiger partial charge in [0.25, 0.3) is 5.78 Å². The molecule has 3 heteroatoms. The molecule has 0 saturated carbocycles. The molecule has 0 saturated heterocycles. The van der Waals surface area contributed by atoms with Crippen LogP contribution in [-0.2, 0) is 14.4 Å². The summed E-state index contributed by atoms with van der Waals surface area (Å²) in [7, 11) is 0. The van der Waals surface area contributed by atoms with E-state index < -0.39 is 0 Å². The van der Waals surface area contributed by atoms with E-state index in [0.29, 0.717) is 0 Å². The summed E-state index contributed by atoms with van der Waals surface area (Å²) in [5.41, 5.74) is 4.74. The maximum atomic E-state index is 13.9. The predicted molar refractivity (Wildman–Crippen MR) is 180 cm³/mol. The fourth-order valence-electron chi connectivity index (χ4n) is 5.97. The van der Waals surface area contributed by atoms with Gasteiger partial charge >= 0.3 is 0 Å². The maximum Gasteiger partial charge on any atom is 0.265 e. The van der Waals surface area contributed by atoms with Crippen molar-refractivity contribution in [2.75, 3.05) is 0 Å². The molecule has 0 spiro atoms. The van der Waals surface area contributed by atoms with Crippen molar-refractivity contribution in [3.8, 4) is 0 Å². The number of allylic oxidation sites excluding steroid dienone is 14. The molecule has 43 heavy (non-hydrogen) atoms. The summed E-state index contributed by atoms with van der Waals surface area (Å²) >= 11 is 0. The third-order valence-electron chi connectivity index (χ3n) is 8.55. The zero-order chi connectivity index (χ0) is 33.2. The van der Waals surface area contributed by atoms with Gasteiger partial charge in [0.2, 0.25) is 0 Å². The number of rotatable bonds is 2. The van der Waals surface area contributed by atoms with E-state index in [-0.39, 0.29) is 50.3 Å². The average molecular weight is 584 g/mol. The maximum absolute atomic E-state index is 13.9. The quantitative estimate of drug-likeness (QED) is 0.304. The van der Waals surface area contributed by atoms with Gasteiger partial charge in [-0.25, -0.2) is 0 Å². The van der Waals surface area contributed by atoms with Gasteiger partial charge in [-0.05, 0) is 82.4 Å². The topological polar surface area (TPSA) is 51.2 Å². The molecular weight excluding hydrogens is 528 g/mol. The number of hydrogen-bond acceptors (Lipinski definition) is 3. The summed E-state index contributed by atoms with van der Waals surface area (Å²) in [5.74, 6) is 0.980. The number of carbonyl (C=O) groups is 3. The molecule has 3 aliphatic carbocycles. The normalized spacial score (nSPS) is 21.2. The zero-order valence-corrected chi connectivity index (χ0v) is 29.8. The van der Waals surface area contributed by atoms with E-state index in [9.17, 15) is 14.4 Å². The van der Waals surface area contributed by atoms with Gasteiger partial charge in [-0.2, -0.15) is 0 Å². The molecule has 1 atom stereocenters. The first-order chi connectivity index (χ1) is 19.2. The largest absolute Gasteiger partial charge is 0.289 e. The molecule has 232 valence electrons. The molecule has 0 N–H and O–H groups in total. The summed E-state index contributed by atoms with van der Waals surface area (Å²) in [6.45, 7) is 33.2. The van der Waals surface area contributed by atoms with Crippen molar-refractivity contribution in [3.05, 3.63) is 87.0 Å². The number of ketones is 3. The van der Waals surface area contributed by atoms with Crippen molar-refractivity contribution >= 4 is 17.3 Å². The van der Waals surface area contributed by atoms with Gasteiger partial charge in [0.15, 0.2) is 11.6 Å². The molecule has 0 bridgehead atoms. The van der Waals surface area contributed by atoms with E-state index in [1.54, 1.807) is 0 Å². The lowest BCUT2D eigenvalue weighted by molar-refractivity contribution is -0.114. The van der Waals surface area contributed by atoms with Gasteiger partial charge in [-0.3, -0.25) is 14.4 Å². The van der Waals surface area contributed by atoms with Crippen LogP contribution >= 0.6 is 0 Å². The third-order valence-corrected chi connectivity index (χ3v) is 8.55. The molecule has 3 rings (SSSR count). The molecule has 0 radical (unpaired) electrons. The summed E-state index contributed by atoms with van der Waals surface area (Å²) in [6.07, 6.45) is 12.4. The first kappa shape index (κ1) is 34.5. The summed E-state index contributed by atoms with van der Waals surface area (Å²) in [5, 5.41) is 0. The molecule has 0 aromatic carbocycles. The van der Waals surface area contributed by atoms with Crippen molar-refractivity contribution in [3.63, 3.8) is 0 Å². The second-order valence-electron chi connectivity index (χ2n) is 17.7. The lowest BCUT2D eigenvalue weighted by atomic mass is 9.65. The van der Waals surface area contributed by atoms with Crippen LogP contribution in [0.4, 0.5) is 0 Å². The van der Waals surface area contributed by atoms with Crippen molar-refractivity contribution in [1.82, 2.24) is 0 Å². The standard InChI is InChI=1S/C40H55O3/c1-23-17-24(18-27(33(23)41)36(2,3)4)32(25-19-28(37(5,6)7)34(42)29(20-25)38(8,9)10)26-21-30(39(11,12)13)35(43)31(22-26)40(14,15)16/h17-22,24H,1-16H3/q+1. The predicted octanol–water partition coefficient (Wildman–Crippen LogP) is 10.0. The highest BCUT2D eigenvalue weighted by molar-refractivity contribution is 6.13. The average Bonchev–Trinajstić information content (AvgIpc) is 2.79. The molecule has 0 aromatic rings. The van der Waals surface area contributed by atoms with Gasteiger partial charge in [-0.1, -0.05) is 74.5 Å². The molecule has 0 aromatic heterocycles. The molecular formula is C40H55O3+. The lowest BCUT2D eigenvalue weighted by Crippen LogP contribution is -2.31. The molecule has 0 fully saturated rings. The van der Waals surface area contributed by atoms with Crippen LogP contribution in [0.1, 0.15) is 111 Å². The van der Waals surface area contributed by atoms with Crippen molar-refractivity contribution in [2.24, 2.45) is 33.0 Å². The van der Waals surface area contributed by atoms with E-state index >= 15 is 0 Å². The van der Waals surface area contributed by atoms with Crippen LogP contribution in [0.25, 0.3) is 0 Å². The van der Waals surface area contributed by atoms with Crippen LogP contribution < -0.4 is 0 Å². The number of Topliss-reactive ketones (excluding diaryl/α,β-unsaturated/α-hetero) is 3. The molecule has 1 unspecified atom stereocenters. The Balaban J connectivity index is 2.58. The molecule has 0 aliphatic heterocycles. The van der Waals surface area contributed by atoms with Crippen molar-refractivity contribution < 1.29 is 14.4 Å². The second-order valence-corrected chi connectivity index (χ2v) is 17.7. The van der Waals surface area contributed by atoms with E-state index in [0.717, 1.165) is 50.5 Å². The van der Waals surface area contributed by atoms with Gasteiger partial charge < -0.3 is 0 Å². The van der Waals surface area contributed by atoms with Gasteiger partial charge in [0.1, 0.15) is 0 Å². The molecule has 3 nitrogen and oxygen atoms in total. The van der Waals surface area contributed by atoms with E-state index in [2.05, 4.69) is 140 Å². The lowest BCUT2D eigenvalue weighted by Gasteiger charge is -2.33. The monoisotopic (exact) mass is 583 g/mol. The highest BCUT2D eigenvalue weighted by Gasteiger charge is 2.45. The molecule has 0 amide bonds. The highest BCUT2D eigenvalue weighted by atomic mass is 16.1. The Kier molecular flexibility index (Phi) is 8.75. The van der Waals surface area contributed by atoms with Crippen LogP contribution in [-0.4, -0.2) is 17.3 Å². The van der Waals surface area contributed by atoms with Gasteiger partial charge in [-0.15, -0.1) is 0 Å². The van der Waals surface area contributed by atoms with Crippen LogP contribution in [0, 0.1) is 38.9 Å². The van der Waals surface area contributed by atoms with Gasteiger partial charge in [0, 0.05) is 51.2 Å². The van der Waals surface area contributed by atoms with Crippen LogP contribution in [0.2, 0.25) is 0 Å². The zero-order valence-electron chi connectivity index (χ0n) is 29.8.